The van der Waals surface area contributed by atoms with E-state index in [-0.39, 0.29) is 16.7 Å². The summed E-state index contributed by atoms with van der Waals surface area (Å²) < 4.78 is 29.9. The van der Waals surface area contributed by atoms with Crippen LogP contribution in [0.2, 0.25) is 0 Å². The molecule has 0 aliphatic carbocycles. The summed E-state index contributed by atoms with van der Waals surface area (Å²) in [4.78, 5) is 31.1. The highest BCUT2D eigenvalue weighted by atomic mass is 32.2. The number of nitrogens with one attached hydrogen (secondary N) is 2. The predicted octanol–water partition coefficient (Wildman–Crippen LogP) is 3.85. The van der Waals surface area contributed by atoms with Gasteiger partial charge in [0.2, 0.25) is 21.8 Å². The number of hydrogen-bond acceptors (Lipinski definition) is 6. The summed E-state index contributed by atoms with van der Waals surface area (Å²) >= 11 is 1.35. The molecule has 0 saturated carbocycles. The fourth-order valence-electron chi connectivity index (χ4n) is 4.06. The minimum Gasteiger partial charge on any atom is -0.312 e. The molecule has 4 rings (SSSR count). The van der Waals surface area contributed by atoms with Crippen LogP contribution in [-0.2, 0) is 26.0 Å². The van der Waals surface area contributed by atoms with Gasteiger partial charge in [0.25, 0.3) is 0 Å². The van der Waals surface area contributed by atoms with Gasteiger partial charge >= 0.3 is 0 Å². The zero-order valence-electron chi connectivity index (χ0n) is 19.6. The van der Waals surface area contributed by atoms with Gasteiger partial charge in [-0.25, -0.2) is 13.4 Å². The van der Waals surface area contributed by atoms with Crippen LogP contribution >= 0.6 is 11.3 Å². The van der Waals surface area contributed by atoms with Crippen molar-refractivity contribution in [1.82, 2.24) is 9.71 Å². The number of carbonyl (C=O) groups excluding carboxylic acids is 2. The summed E-state index contributed by atoms with van der Waals surface area (Å²) in [6, 6.07) is 9.59. The number of amides is 2. The molecular weight excluding hydrogens is 472 g/mol. The van der Waals surface area contributed by atoms with Crippen LogP contribution in [-0.4, -0.2) is 37.8 Å². The second-order valence-electron chi connectivity index (χ2n) is 8.89. The minimum atomic E-state index is -3.97. The molecule has 0 unspecified atom stereocenters. The Morgan fingerprint density at radius 3 is 2.62 bits per heavy atom. The Morgan fingerprint density at radius 1 is 1.15 bits per heavy atom. The van der Waals surface area contributed by atoms with Crippen molar-refractivity contribution in [2.45, 2.75) is 51.5 Å². The van der Waals surface area contributed by atoms with Gasteiger partial charge in [0, 0.05) is 19.2 Å². The third-order valence-electron chi connectivity index (χ3n) is 5.87. The fourth-order valence-corrected chi connectivity index (χ4v) is 6.42. The van der Waals surface area contributed by atoms with Gasteiger partial charge in [-0.1, -0.05) is 31.3 Å². The first-order valence-corrected chi connectivity index (χ1v) is 13.5. The molecule has 1 aliphatic rings. The molecule has 10 heteroatoms. The average Bonchev–Trinajstić information content (AvgIpc) is 3.17. The fraction of sp³-hybridized carbons (Fsp3) is 0.375. The quantitative estimate of drug-likeness (QED) is 0.535. The molecule has 3 aromatic rings. The predicted molar refractivity (Wildman–Crippen MR) is 135 cm³/mol. The van der Waals surface area contributed by atoms with E-state index in [1.165, 1.54) is 24.3 Å². The van der Waals surface area contributed by atoms with Crippen molar-refractivity contribution >= 4 is 54.2 Å². The van der Waals surface area contributed by atoms with E-state index >= 15 is 0 Å². The normalized spacial score (nSPS) is 14.8. The lowest BCUT2D eigenvalue weighted by molar-refractivity contribution is -0.118. The molecule has 1 aromatic heterocycles. The largest absolute Gasteiger partial charge is 0.312 e. The second kappa shape index (κ2) is 9.44. The molecule has 1 atom stereocenters. The SMILES string of the molecule is CC(=O)N1CCCc2cc(S(=O)(=O)N[C@H](C(=O)Nc3nc4ccc(C)cc4s3)C(C)C)ccc21. The van der Waals surface area contributed by atoms with Crippen LogP contribution in [0.25, 0.3) is 10.2 Å². The summed E-state index contributed by atoms with van der Waals surface area (Å²) in [6.07, 6.45) is 1.45. The molecule has 0 spiro atoms. The second-order valence-corrected chi connectivity index (χ2v) is 11.6. The van der Waals surface area contributed by atoms with Crippen LogP contribution in [0.4, 0.5) is 10.8 Å². The maximum atomic E-state index is 13.2. The standard InChI is InChI=1S/C24H28N4O4S2/c1-14(2)22(23(30)26-24-25-19-9-7-15(3)12-21(19)33-24)27-34(31,32)18-8-10-20-17(13-18)6-5-11-28(20)16(4)29/h7-10,12-14,22,27H,5-6,11H2,1-4H3,(H,25,26,30)/t22-/m0/s1. The molecule has 2 heterocycles. The summed E-state index contributed by atoms with van der Waals surface area (Å²) in [5.74, 6) is -0.830. The number of sulfonamides is 1. The van der Waals surface area contributed by atoms with Gasteiger partial charge in [-0.2, -0.15) is 4.72 Å². The molecule has 0 radical (unpaired) electrons. The first-order chi connectivity index (χ1) is 16.0. The van der Waals surface area contributed by atoms with E-state index in [9.17, 15) is 18.0 Å². The number of carbonyl (C=O) groups is 2. The number of rotatable bonds is 6. The molecule has 180 valence electrons. The van der Waals surface area contributed by atoms with Crippen molar-refractivity contribution in [3.05, 3.63) is 47.5 Å². The van der Waals surface area contributed by atoms with Crippen LogP contribution < -0.4 is 14.9 Å². The van der Waals surface area contributed by atoms with Crippen molar-refractivity contribution in [2.75, 3.05) is 16.8 Å². The molecule has 2 amide bonds. The zero-order valence-corrected chi connectivity index (χ0v) is 21.2. The zero-order chi connectivity index (χ0) is 24.6. The van der Waals surface area contributed by atoms with E-state index in [0.29, 0.717) is 18.1 Å². The highest BCUT2D eigenvalue weighted by molar-refractivity contribution is 7.89. The Hall–Kier alpha value is -2.82. The molecule has 0 fully saturated rings. The first kappa shape index (κ1) is 24.3. The number of aromatic nitrogens is 1. The number of aryl methyl sites for hydroxylation is 2. The smallest absolute Gasteiger partial charge is 0.244 e. The summed E-state index contributed by atoms with van der Waals surface area (Å²) in [6.45, 7) is 7.67. The highest BCUT2D eigenvalue weighted by Crippen LogP contribution is 2.30. The van der Waals surface area contributed by atoms with Crippen molar-refractivity contribution in [2.24, 2.45) is 5.92 Å². The van der Waals surface area contributed by atoms with Crippen molar-refractivity contribution in [1.29, 1.82) is 0 Å². The van der Waals surface area contributed by atoms with Gasteiger partial charge in [-0.05, 0) is 67.1 Å². The van der Waals surface area contributed by atoms with Crippen LogP contribution in [0.15, 0.2) is 41.3 Å². The number of anilines is 2. The average molecular weight is 501 g/mol. The molecule has 34 heavy (non-hydrogen) atoms. The first-order valence-electron chi connectivity index (χ1n) is 11.2. The number of hydrogen-bond donors (Lipinski definition) is 2. The number of fused-ring (bicyclic) bond motifs is 2. The van der Waals surface area contributed by atoms with E-state index in [0.717, 1.165) is 33.5 Å². The molecule has 2 N–H and O–H groups in total. The molecule has 8 nitrogen and oxygen atoms in total. The monoisotopic (exact) mass is 500 g/mol. The maximum Gasteiger partial charge on any atom is 0.244 e. The van der Waals surface area contributed by atoms with Gasteiger partial charge in [0.1, 0.15) is 6.04 Å². The summed E-state index contributed by atoms with van der Waals surface area (Å²) in [7, 11) is -3.97. The lowest BCUT2D eigenvalue weighted by Gasteiger charge is -2.29. The highest BCUT2D eigenvalue weighted by Gasteiger charge is 2.30. The van der Waals surface area contributed by atoms with Gasteiger partial charge in [-0.3, -0.25) is 9.59 Å². The Labute approximate surface area is 203 Å². The Morgan fingerprint density at radius 2 is 1.91 bits per heavy atom. The number of thiazole rings is 1. The van der Waals surface area contributed by atoms with E-state index in [1.54, 1.807) is 30.9 Å². The Kier molecular flexibility index (Phi) is 6.75. The third-order valence-corrected chi connectivity index (χ3v) is 8.24. The molecular formula is C24H28N4O4S2. The van der Waals surface area contributed by atoms with E-state index in [2.05, 4.69) is 15.0 Å². The van der Waals surface area contributed by atoms with Crippen LogP contribution in [0, 0.1) is 12.8 Å². The lowest BCUT2D eigenvalue weighted by atomic mass is 10.0. The van der Waals surface area contributed by atoms with Gasteiger partial charge in [0.05, 0.1) is 15.1 Å². The number of benzene rings is 2. The van der Waals surface area contributed by atoms with Crippen molar-refractivity contribution < 1.29 is 18.0 Å². The Bertz CT molecular complexity index is 1360. The van der Waals surface area contributed by atoms with Crippen molar-refractivity contribution in [3.63, 3.8) is 0 Å². The van der Waals surface area contributed by atoms with Gasteiger partial charge in [-0.15, -0.1) is 0 Å². The molecule has 2 aromatic carbocycles. The summed E-state index contributed by atoms with van der Waals surface area (Å²) in [5.41, 5.74) is 3.42. The molecule has 0 bridgehead atoms. The van der Waals surface area contributed by atoms with Gasteiger partial charge < -0.3 is 10.2 Å². The number of nitrogens with zero attached hydrogens (tertiary/aromatic N) is 2. The minimum absolute atomic E-state index is 0.0729. The topological polar surface area (TPSA) is 108 Å². The van der Waals surface area contributed by atoms with Crippen molar-refractivity contribution in [3.8, 4) is 0 Å². The van der Waals surface area contributed by atoms with E-state index < -0.39 is 22.0 Å². The van der Waals surface area contributed by atoms with Crippen LogP contribution in [0.1, 0.15) is 38.3 Å². The lowest BCUT2D eigenvalue weighted by Crippen LogP contribution is -2.47. The van der Waals surface area contributed by atoms with E-state index in [1.807, 2.05) is 25.1 Å². The Balaban J connectivity index is 1.55. The van der Waals surface area contributed by atoms with Crippen LogP contribution in [0.5, 0.6) is 0 Å². The van der Waals surface area contributed by atoms with Crippen LogP contribution in [0.3, 0.4) is 0 Å². The maximum absolute atomic E-state index is 13.2. The third kappa shape index (κ3) is 4.98. The van der Waals surface area contributed by atoms with E-state index in [4.69, 9.17) is 0 Å². The van der Waals surface area contributed by atoms with Gasteiger partial charge in [0.15, 0.2) is 5.13 Å². The summed E-state index contributed by atoms with van der Waals surface area (Å²) in [5, 5.41) is 3.20. The molecule has 0 saturated heterocycles. The molecule has 1 aliphatic heterocycles.